The molecule has 0 unspecified atom stereocenters. The highest BCUT2D eigenvalue weighted by Gasteiger charge is 2.42. The van der Waals surface area contributed by atoms with E-state index in [9.17, 15) is 5.11 Å². The molecule has 1 aliphatic heterocycles. The standard InChI is InChI=1S/C9H18O3/c1-3-4-9(2,11)5-7-8(6-10)12-7/h7-8,10-11H,3-6H2,1-2H3/t7-,8-,9-/m1/s1. The molecule has 3 heteroatoms. The van der Waals surface area contributed by atoms with Crippen LogP contribution in [0.1, 0.15) is 33.1 Å². The summed E-state index contributed by atoms with van der Waals surface area (Å²) in [6.45, 7) is 3.95. The third-order valence-electron chi connectivity index (χ3n) is 2.30. The van der Waals surface area contributed by atoms with Crippen molar-refractivity contribution in [1.29, 1.82) is 0 Å². The van der Waals surface area contributed by atoms with Crippen LogP contribution < -0.4 is 0 Å². The molecule has 0 radical (unpaired) electrons. The number of hydrogen-bond donors (Lipinski definition) is 2. The summed E-state index contributed by atoms with van der Waals surface area (Å²) < 4.78 is 5.14. The molecule has 0 saturated carbocycles. The molecule has 2 N–H and O–H groups in total. The van der Waals surface area contributed by atoms with Crippen LogP contribution in [0.3, 0.4) is 0 Å². The van der Waals surface area contributed by atoms with Crippen molar-refractivity contribution in [2.45, 2.75) is 50.9 Å². The Balaban J connectivity index is 2.22. The van der Waals surface area contributed by atoms with Gasteiger partial charge in [0.15, 0.2) is 0 Å². The van der Waals surface area contributed by atoms with Crippen molar-refractivity contribution in [3.63, 3.8) is 0 Å². The molecule has 0 amide bonds. The first kappa shape index (κ1) is 9.96. The zero-order valence-corrected chi connectivity index (χ0v) is 7.79. The van der Waals surface area contributed by atoms with Crippen LogP contribution in [-0.4, -0.2) is 34.6 Å². The molecule has 0 spiro atoms. The first-order chi connectivity index (χ1) is 5.59. The fourth-order valence-electron chi connectivity index (χ4n) is 1.59. The van der Waals surface area contributed by atoms with Gasteiger partial charge in [-0.2, -0.15) is 0 Å². The summed E-state index contributed by atoms with van der Waals surface area (Å²) in [5, 5.41) is 18.5. The fraction of sp³-hybridized carbons (Fsp3) is 1.00. The Morgan fingerprint density at radius 1 is 1.42 bits per heavy atom. The van der Waals surface area contributed by atoms with E-state index in [4.69, 9.17) is 9.84 Å². The summed E-state index contributed by atoms with van der Waals surface area (Å²) in [6.07, 6.45) is 2.48. The van der Waals surface area contributed by atoms with Crippen LogP contribution in [0.5, 0.6) is 0 Å². The van der Waals surface area contributed by atoms with Gasteiger partial charge in [0.05, 0.1) is 18.3 Å². The first-order valence-electron chi connectivity index (χ1n) is 4.58. The molecular formula is C9H18O3. The van der Waals surface area contributed by atoms with Gasteiger partial charge in [0.25, 0.3) is 0 Å². The molecule has 72 valence electrons. The zero-order valence-electron chi connectivity index (χ0n) is 7.79. The summed E-state index contributed by atoms with van der Waals surface area (Å²) in [6, 6.07) is 0. The number of hydrogen-bond acceptors (Lipinski definition) is 3. The summed E-state index contributed by atoms with van der Waals surface area (Å²) in [4.78, 5) is 0. The van der Waals surface area contributed by atoms with E-state index < -0.39 is 5.60 Å². The minimum atomic E-state index is -0.622. The van der Waals surface area contributed by atoms with Gasteiger partial charge in [-0.1, -0.05) is 13.3 Å². The maximum atomic E-state index is 9.78. The van der Waals surface area contributed by atoms with Crippen LogP contribution in [-0.2, 0) is 4.74 Å². The van der Waals surface area contributed by atoms with Gasteiger partial charge in [-0.05, 0) is 13.3 Å². The van der Waals surface area contributed by atoms with E-state index in [0.717, 1.165) is 12.8 Å². The Morgan fingerprint density at radius 3 is 2.50 bits per heavy atom. The molecule has 0 bridgehead atoms. The molecular weight excluding hydrogens is 156 g/mol. The van der Waals surface area contributed by atoms with Crippen molar-refractivity contribution in [2.24, 2.45) is 0 Å². The zero-order chi connectivity index (χ0) is 9.19. The maximum Gasteiger partial charge on any atom is 0.107 e. The first-order valence-corrected chi connectivity index (χ1v) is 4.58. The van der Waals surface area contributed by atoms with Crippen molar-refractivity contribution in [3.05, 3.63) is 0 Å². The van der Waals surface area contributed by atoms with Crippen molar-refractivity contribution in [3.8, 4) is 0 Å². The summed E-state index contributed by atoms with van der Waals surface area (Å²) >= 11 is 0. The van der Waals surface area contributed by atoms with Gasteiger partial charge in [-0.3, -0.25) is 0 Å². The second-order valence-corrected chi connectivity index (χ2v) is 3.85. The van der Waals surface area contributed by atoms with E-state index in [2.05, 4.69) is 0 Å². The lowest BCUT2D eigenvalue weighted by atomic mass is 9.94. The topological polar surface area (TPSA) is 53.0 Å². The van der Waals surface area contributed by atoms with Gasteiger partial charge in [-0.15, -0.1) is 0 Å². The van der Waals surface area contributed by atoms with E-state index in [-0.39, 0.29) is 18.8 Å². The lowest BCUT2D eigenvalue weighted by Crippen LogP contribution is -2.26. The number of ether oxygens (including phenoxy) is 1. The maximum absolute atomic E-state index is 9.78. The third-order valence-corrected chi connectivity index (χ3v) is 2.30. The monoisotopic (exact) mass is 174 g/mol. The smallest absolute Gasteiger partial charge is 0.107 e. The molecule has 1 rings (SSSR count). The molecule has 3 nitrogen and oxygen atoms in total. The van der Waals surface area contributed by atoms with E-state index in [1.165, 1.54) is 0 Å². The Morgan fingerprint density at radius 2 is 2.08 bits per heavy atom. The summed E-state index contributed by atoms with van der Waals surface area (Å²) in [7, 11) is 0. The average Bonchev–Trinajstić information content (AvgIpc) is 2.66. The number of aliphatic hydroxyl groups excluding tert-OH is 1. The molecule has 1 fully saturated rings. The van der Waals surface area contributed by atoms with E-state index in [1.54, 1.807) is 0 Å². The lowest BCUT2D eigenvalue weighted by Gasteiger charge is -2.21. The highest BCUT2D eigenvalue weighted by Crippen LogP contribution is 2.31. The highest BCUT2D eigenvalue weighted by atomic mass is 16.6. The number of epoxide rings is 1. The van der Waals surface area contributed by atoms with E-state index in [0.29, 0.717) is 6.42 Å². The Labute approximate surface area is 73.4 Å². The molecule has 12 heavy (non-hydrogen) atoms. The third kappa shape index (κ3) is 2.73. The van der Waals surface area contributed by atoms with Crippen LogP contribution in [0.4, 0.5) is 0 Å². The molecule has 3 atom stereocenters. The summed E-state index contributed by atoms with van der Waals surface area (Å²) in [5.74, 6) is 0. The second-order valence-electron chi connectivity index (χ2n) is 3.85. The summed E-state index contributed by atoms with van der Waals surface area (Å²) in [5.41, 5.74) is -0.622. The lowest BCUT2D eigenvalue weighted by molar-refractivity contribution is 0.0338. The molecule has 1 saturated heterocycles. The Hall–Kier alpha value is -0.120. The number of rotatable bonds is 5. The normalized spacial score (nSPS) is 33.0. The van der Waals surface area contributed by atoms with Crippen LogP contribution >= 0.6 is 0 Å². The predicted molar refractivity (Wildman–Crippen MR) is 45.9 cm³/mol. The molecule has 1 aliphatic rings. The largest absolute Gasteiger partial charge is 0.394 e. The van der Waals surface area contributed by atoms with Crippen LogP contribution in [0.2, 0.25) is 0 Å². The molecule has 0 aromatic carbocycles. The van der Waals surface area contributed by atoms with Crippen LogP contribution in [0.15, 0.2) is 0 Å². The van der Waals surface area contributed by atoms with Crippen molar-refractivity contribution in [2.75, 3.05) is 6.61 Å². The molecule has 0 aliphatic carbocycles. The second kappa shape index (κ2) is 3.73. The average molecular weight is 174 g/mol. The molecule has 0 aromatic rings. The fourth-order valence-corrected chi connectivity index (χ4v) is 1.59. The van der Waals surface area contributed by atoms with Crippen molar-refractivity contribution < 1.29 is 14.9 Å². The van der Waals surface area contributed by atoms with Crippen LogP contribution in [0, 0.1) is 0 Å². The molecule has 0 aromatic heterocycles. The van der Waals surface area contributed by atoms with E-state index >= 15 is 0 Å². The van der Waals surface area contributed by atoms with E-state index in [1.807, 2.05) is 13.8 Å². The van der Waals surface area contributed by atoms with Gasteiger partial charge in [0, 0.05) is 6.42 Å². The van der Waals surface area contributed by atoms with Gasteiger partial charge in [0.2, 0.25) is 0 Å². The van der Waals surface area contributed by atoms with Gasteiger partial charge >= 0.3 is 0 Å². The van der Waals surface area contributed by atoms with Gasteiger partial charge < -0.3 is 14.9 Å². The quantitative estimate of drug-likeness (QED) is 0.603. The van der Waals surface area contributed by atoms with Crippen molar-refractivity contribution >= 4 is 0 Å². The van der Waals surface area contributed by atoms with Crippen LogP contribution in [0.25, 0.3) is 0 Å². The number of aliphatic hydroxyl groups is 2. The van der Waals surface area contributed by atoms with Gasteiger partial charge in [-0.25, -0.2) is 0 Å². The minimum Gasteiger partial charge on any atom is -0.394 e. The highest BCUT2D eigenvalue weighted by molar-refractivity contribution is 4.90. The Bertz CT molecular complexity index is 145. The van der Waals surface area contributed by atoms with Crippen molar-refractivity contribution in [1.82, 2.24) is 0 Å². The predicted octanol–water partition coefficient (Wildman–Crippen LogP) is 0.687. The molecule has 1 heterocycles. The minimum absolute atomic E-state index is 0.0201. The SMILES string of the molecule is CCC[C@@](C)(O)C[C@H]1O[C@@H]1CO. The Kier molecular flexibility index (Phi) is 3.09. The van der Waals surface area contributed by atoms with Gasteiger partial charge in [0.1, 0.15) is 6.10 Å².